The van der Waals surface area contributed by atoms with Crippen molar-refractivity contribution in [2.45, 2.75) is 12.5 Å². The molecule has 4 heteroatoms. The monoisotopic (exact) mass is 338 g/mol. The number of benzene rings is 2. The predicted molar refractivity (Wildman–Crippen MR) is 80.2 cm³/mol. The number of rotatable bonds is 5. The lowest BCUT2D eigenvalue weighted by Gasteiger charge is -2.13. The van der Waals surface area contributed by atoms with Gasteiger partial charge in [0.05, 0.1) is 6.61 Å². The first kappa shape index (κ1) is 15.2. The van der Waals surface area contributed by atoms with Crippen molar-refractivity contribution in [1.29, 1.82) is 0 Å². The van der Waals surface area contributed by atoms with Crippen LogP contribution in [0.4, 0.5) is 4.39 Å². The molecule has 0 heterocycles. The van der Waals surface area contributed by atoms with Gasteiger partial charge in [0.1, 0.15) is 11.9 Å². The van der Waals surface area contributed by atoms with Crippen molar-refractivity contribution in [2.24, 2.45) is 0 Å². The Morgan fingerprint density at radius 1 is 1.15 bits per heavy atom. The third-order valence-electron chi connectivity index (χ3n) is 3.09. The average molecular weight is 339 g/mol. The molecule has 0 amide bonds. The van der Waals surface area contributed by atoms with Gasteiger partial charge in [-0.15, -0.1) is 0 Å². The smallest absolute Gasteiger partial charge is 0.124 e. The molecule has 1 atom stereocenters. The van der Waals surface area contributed by atoms with E-state index >= 15 is 0 Å². The van der Waals surface area contributed by atoms with E-state index in [1.165, 1.54) is 12.1 Å². The molecule has 0 aliphatic rings. The molecule has 0 fully saturated rings. The number of halogens is 2. The molecule has 0 saturated carbocycles. The fraction of sp³-hybridized carbons (Fsp3) is 0.250. The van der Waals surface area contributed by atoms with Crippen molar-refractivity contribution in [1.82, 2.24) is 0 Å². The Hall–Kier alpha value is -1.23. The minimum Gasteiger partial charge on any atom is -0.384 e. The summed E-state index contributed by atoms with van der Waals surface area (Å²) in [5.74, 6) is -0.370. The summed E-state index contributed by atoms with van der Waals surface area (Å²) in [5, 5.41) is 10.3. The molecule has 2 rings (SSSR count). The normalized spacial score (nSPS) is 12.4. The van der Waals surface area contributed by atoms with E-state index in [4.69, 9.17) is 4.74 Å². The van der Waals surface area contributed by atoms with E-state index in [1.807, 2.05) is 24.3 Å². The molecule has 0 bridgehead atoms. The molecule has 2 aromatic carbocycles. The van der Waals surface area contributed by atoms with Crippen LogP contribution in [-0.4, -0.2) is 18.8 Å². The molecule has 106 valence electrons. The van der Waals surface area contributed by atoms with Gasteiger partial charge in [-0.3, -0.25) is 0 Å². The average Bonchev–Trinajstić information content (AvgIpc) is 2.44. The van der Waals surface area contributed by atoms with Gasteiger partial charge in [-0.2, -0.15) is 0 Å². The van der Waals surface area contributed by atoms with Gasteiger partial charge in [-0.1, -0.05) is 40.2 Å². The number of hydrogen-bond donors (Lipinski definition) is 1. The van der Waals surface area contributed by atoms with Crippen LogP contribution in [0.3, 0.4) is 0 Å². The number of ether oxygens (including phenoxy) is 1. The van der Waals surface area contributed by atoms with Gasteiger partial charge in [0.15, 0.2) is 0 Å². The molecular weight excluding hydrogens is 323 g/mol. The molecule has 0 aromatic heterocycles. The Morgan fingerprint density at radius 3 is 2.45 bits per heavy atom. The van der Waals surface area contributed by atoms with Crippen molar-refractivity contribution in [3.8, 4) is 0 Å². The van der Waals surface area contributed by atoms with Crippen LogP contribution >= 0.6 is 15.9 Å². The van der Waals surface area contributed by atoms with E-state index in [1.54, 1.807) is 13.2 Å². The lowest BCUT2D eigenvalue weighted by atomic mass is 10.00. The maximum atomic E-state index is 13.4. The van der Waals surface area contributed by atoms with Crippen LogP contribution in [0.5, 0.6) is 0 Å². The van der Waals surface area contributed by atoms with Crippen LogP contribution < -0.4 is 0 Å². The highest BCUT2D eigenvalue weighted by Gasteiger charge is 2.12. The van der Waals surface area contributed by atoms with E-state index in [0.717, 1.165) is 17.5 Å². The molecule has 2 aromatic rings. The zero-order valence-electron chi connectivity index (χ0n) is 11.1. The summed E-state index contributed by atoms with van der Waals surface area (Å²) in [6.07, 6.45) is -0.00301. The minimum atomic E-state index is -0.835. The van der Waals surface area contributed by atoms with Crippen molar-refractivity contribution in [3.63, 3.8) is 0 Å². The van der Waals surface area contributed by atoms with E-state index in [2.05, 4.69) is 15.9 Å². The molecular formula is C16H16BrFO2. The fourth-order valence-corrected chi connectivity index (χ4v) is 2.50. The predicted octanol–water partition coefficient (Wildman–Crippen LogP) is 3.86. The summed E-state index contributed by atoms with van der Waals surface area (Å²) < 4.78 is 19.0. The van der Waals surface area contributed by atoms with Crippen molar-refractivity contribution >= 4 is 15.9 Å². The summed E-state index contributed by atoms with van der Waals surface area (Å²) in [7, 11) is 1.67. The van der Waals surface area contributed by atoms with Crippen LogP contribution in [0.25, 0.3) is 0 Å². The van der Waals surface area contributed by atoms with Gasteiger partial charge >= 0.3 is 0 Å². The Morgan fingerprint density at radius 2 is 1.85 bits per heavy atom. The van der Waals surface area contributed by atoms with Gasteiger partial charge < -0.3 is 9.84 Å². The van der Waals surface area contributed by atoms with Crippen LogP contribution in [0.15, 0.2) is 46.9 Å². The molecule has 1 unspecified atom stereocenters. The van der Waals surface area contributed by atoms with Crippen molar-refractivity contribution in [3.05, 3.63) is 69.4 Å². The number of aliphatic hydroxyl groups excluding tert-OH is 1. The molecule has 2 nitrogen and oxygen atoms in total. The Labute approximate surface area is 126 Å². The van der Waals surface area contributed by atoms with Gasteiger partial charge in [-0.05, 0) is 41.3 Å². The molecule has 0 radical (unpaired) electrons. The Bertz CT molecular complexity index is 549. The highest BCUT2D eigenvalue weighted by Crippen LogP contribution is 2.26. The van der Waals surface area contributed by atoms with E-state index < -0.39 is 6.10 Å². The topological polar surface area (TPSA) is 29.5 Å². The standard InChI is InChI=1S/C16H16BrFO2/c1-20-7-6-11-2-4-12(5-3-11)16(19)13-8-14(17)10-15(18)9-13/h2-5,8-10,16,19H,6-7H2,1H3. The first-order valence-electron chi connectivity index (χ1n) is 6.32. The Balaban J connectivity index is 2.17. The lowest BCUT2D eigenvalue weighted by Crippen LogP contribution is -2.01. The lowest BCUT2D eigenvalue weighted by molar-refractivity contribution is 0.202. The highest BCUT2D eigenvalue weighted by atomic mass is 79.9. The van der Waals surface area contributed by atoms with Gasteiger partial charge in [-0.25, -0.2) is 4.39 Å². The highest BCUT2D eigenvalue weighted by molar-refractivity contribution is 9.10. The molecule has 0 saturated heterocycles. The molecule has 0 aliphatic heterocycles. The maximum Gasteiger partial charge on any atom is 0.124 e. The zero-order chi connectivity index (χ0) is 14.5. The summed E-state index contributed by atoms with van der Waals surface area (Å²) in [6.45, 7) is 0.665. The summed E-state index contributed by atoms with van der Waals surface area (Å²) >= 11 is 3.23. The number of aliphatic hydroxyl groups is 1. The van der Waals surface area contributed by atoms with Gasteiger partial charge in [0, 0.05) is 11.6 Å². The maximum absolute atomic E-state index is 13.4. The first-order valence-corrected chi connectivity index (χ1v) is 7.11. The molecule has 1 N–H and O–H groups in total. The minimum absolute atomic E-state index is 0.370. The van der Waals surface area contributed by atoms with E-state index in [0.29, 0.717) is 16.6 Å². The third-order valence-corrected chi connectivity index (χ3v) is 3.55. The second-order valence-corrected chi connectivity index (χ2v) is 5.51. The fourth-order valence-electron chi connectivity index (χ4n) is 2.01. The quantitative estimate of drug-likeness (QED) is 0.896. The summed E-state index contributed by atoms with van der Waals surface area (Å²) in [5.41, 5.74) is 2.41. The van der Waals surface area contributed by atoms with Crippen molar-refractivity contribution in [2.75, 3.05) is 13.7 Å². The van der Waals surface area contributed by atoms with E-state index in [-0.39, 0.29) is 5.82 Å². The summed E-state index contributed by atoms with van der Waals surface area (Å²) in [4.78, 5) is 0. The van der Waals surface area contributed by atoms with Gasteiger partial charge in [0.25, 0.3) is 0 Å². The SMILES string of the molecule is COCCc1ccc(C(O)c2cc(F)cc(Br)c2)cc1. The molecule has 20 heavy (non-hydrogen) atoms. The van der Waals surface area contributed by atoms with Crippen LogP contribution in [0.1, 0.15) is 22.8 Å². The molecule has 0 aliphatic carbocycles. The third kappa shape index (κ3) is 3.88. The van der Waals surface area contributed by atoms with Crippen LogP contribution in [0.2, 0.25) is 0 Å². The molecule has 0 spiro atoms. The number of methoxy groups -OCH3 is 1. The second-order valence-electron chi connectivity index (χ2n) is 4.59. The first-order chi connectivity index (χ1) is 9.60. The zero-order valence-corrected chi connectivity index (χ0v) is 12.7. The van der Waals surface area contributed by atoms with Crippen molar-refractivity contribution < 1.29 is 14.2 Å². The van der Waals surface area contributed by atoms with Gasteiger partial charge in [0.2, 0.25) is 0 Å². The van der Waals surface area contributed by atoms with Crippen LogP contribution in [0, 0.1) is 5.82 Å². The number of hydrogen-bond acceptors (Lipinski definition) is 2. The van der Waals surface area contributed by atoms with E-state index in [9.17, 15) is 9.50 Å². The van der Waals surface area contributed by atoms with Crippen LogP contribution in [-0.2, 0) is 11.2 Å². The second kappa shape index (κ2) is 6.97. The largest absolute Gasteiger partial charge is 0.384 e. The summed E-state index contributed by atoms with van der Waals surface area (Å²) in [6, 6.07) is 12.0. The Kier molecular flexibility index (Phi) is 5.29.